The molecule has 0 fully saturated rings. The van der Waals surface area contributed by atoms with E-state index in [9.17, 15) is 0 Å². The summed E-state index contributed by atoms with van der Waals surface area (Å²) in [6.07, 6.45) is 17.9. The molecule has 13 rings (SSSR count). The van der Waals surface area contributed by atoms with Crippen LogP contribution in [0.5, 0.6) is 0 Å². The van der Waals surface area contributed by atoms with E-state index in [1.165, 1.54) is 33.4 Å². The quantitative estimate of drug-likeness (QED) is 0.0702. The van der Waals surface area contributed by atoms with Crippen LogP contribution in [0.25, 0.3) is 58.7 Å². The van der Waals surface area contributed by atoms with Gasteiger partial charge < -0.3 is 9.80 Å². The highest BCUT2D eigenvalue weighted by Crippen LogP contribution is 2.36. The number of rotatable bonds is 20. The van der Waals surface area contributed by atoms with Crippen LogP contribution in [-0.2, 0) is 0 Å². The summed E-state index contributed by atoms with van der Waals surface area (Å²) in [7, 11) is 0. The van der Waals surface area contributed by atoms with Gasteiger partial charge in [-0.25, -0.2) is 0 Å². The first-order valence-electron chi connectivity index (χ1n) is 31.4. The lowest BCUT2D eigenvalue weighted by molar-refractivity contribution is 1.28. The maximum Gasteiger partial charge on any atom is 0.0456 e. The molecule has 0 spiro atoms. The van der Waals surface area contributed by atoms with Gasteiger partial charge in [0.05, 0.1) is 0 Å². The fraction of sp³-hybridized carbons (Fsp3) is 0. The topological polar surface area (TPSA) is 6.48 Å². The maximum absolute atomic E-state index is 2.31. The highest BCUT2D eigenvalue weighted by molar-refractivity contribution is 5.94. The van der Waals surface area contributed by atoms with Crippen molar-refractivity contribution in [3.63, 3.8) is 0 Å². The Balaban J connectivity index is 0.762. The van der Waals surface area contributed by atoms with Crippen molar-refractivity contribution in [1.29, 1.82) is 0 Å². The minimum Gasteiger partial charge on any atom is -0.317 e. The number of benzene rings is 13. The van der Waals surface area contributed by atoms with E-state index in [1.807, 2.05) is 0 Å². The Morgan fingerprint density at radius 2 is 0.380 bits per heavy atom. The van der Waals surface area contributed by atoms with Crippen LogP contribution in [0.2, 0.25) is 0 Å². The molecule has 0 amide bonds. The molecule has 0 bridgehead atoms. The zero-order chi connectivity index (χ0) is 61.9. The van der Waals surface area contributed by atoms with Crippen molar-refractivity contribution in [2.75, 3.05) is 9.80 Å². The van der Waals surface area contributed by atoms with Crippen molar-refractivity contribution in [3.05, 3.63) is 454 Å². The molecule has 0 aromatic heterocycles. The largest absolute Gasteiger partial charge is 0.317 e. The Labute approximate surface area is 542 Å². The number of nitrogens with zero attached hydrogens (tertiary/aromatic N) is 2. The minimum atomic E-state index is 1.05. The van der Waals surface area contributed by atoms with E-state index in [2.05, 4.69) is 423 Å². The van der Waals surface area contributed by atoms with Crippen LogP contribution in [0, 0.1) is 0 Å². The van der Waals surface area contributed by atoms with Gasteiger partial charge in [-0.15, -0.1) is 0 Å². The Hall–Kier alpha value is -12.1. The lowest BCUT2D eigenvalue weighted by Gasteiger charge is -2.24. The Morgan fingerprint density at radius 1 is 0.174 bits per heavy atom. The Bertz CT molecular complexity index is 4200. The van der Waals surface area contributed by atoms with Crippen molar-refractivity contribution >= 4 is 81.5 Å². The number of hydrogen-bond donors (Lipinski definition) is 0. The Kier molecular flexibility index (Phi) is 18.7. The first kappa shape index (κ1) is 58.9. The van der Waals surface area contributed by atoms with Gasteiger partial charge >= 0.3 is 0 Å². The average molecular weight is 1180 g/mol. The average Bonchev–Trinajstić information content (AvgIpc) is 1.27. The molecule has 92 heavy (non-hydrogen) atoms. The van der Waals surface area contributed by atoms with Crippen LogP contribution in [0.1, 0.15) is 77.9 Å². The third-order valence-electron chi connectivity index (χ3n) is 16.3. The molecule has 0 N–H and O–H groups in total. The summed E-state index contributed by atoms with van der Waals surface area (Å²) < 4.78 is 0. The smallest absolute Gasteiger partial charge is 0.0456 e. The second kappa shape index (κ2) is 29.3. The third kappa shape index (κ3) is 14.9. The van der Waals surface area contributed by atoms with Crippen LogP contribution in [0.15, 0.2) is 376 Å². The van der Waals surface area contributed by atoms with Gasteiger partial charge in [0, 0.05) is 46.3 Å². The molecule has 0 saturated heterocycles. The summed E-state index contributed by atoms with van der Waals surface area (Å²) in [5.74, 6) is 0. The van der Waals surface area contributed by atoms with E-state index >= 15 is 0 Å². The van der Waals surface area contributed by atoms with E-state index in [0.717, 1.165) is 89.5 Å². The molecule has 438 valence electrons. The van der Waals surface area contributed by atoms with Crippen molar-refractivity contribution in [2.45, 2.75) is 0 Å². The standard InChI is InChI=1S/C90H68N2/c1-9-28-75(29-10-1)87(76-30-11-2-12-31-76)65-73-52-60-85(61-53-73)91(67-89(79-36-17-5-18-37-79)80-38-19-6-20-39-80)83-56-48-69(49-57-83)44-46-71-26-25-27-72(64-71)47-45-70-50-58-84(59-51-70)92(68-90(81-40-21-7-22-41-81)82-42-23-8-24-43-82)86-62-54-74(55-63-86)66-88(77-32-13-3-14-33-77)78-34-15-4-16-35-78/h1-68H/b46-44+,47-45+. The minimum absolute atomic E-state index is 1.05. The molecular formula is C90H68N2. The second-order valence-corrected chi connectivity index (χ2v) is 22.6. The SMILES string of the molecule is C(=C(c1ccccc1)c1ccccc1)c1ccc(N(C=C(c2ccccc2)c2ccccc2)c2ccc(/C=C/c3cccc(/C=C/c4ccc(N(C=C(c5ccccc5)c5ccccc5)c5ccc(C=C(c6ccccc6)c6ccccc6)cc5)cc4)c3)cc2)cc1. The number of hydrogen-bond acceptors (Lipinski definition) is 2. The summed E-state index contributed by atoms with van der Waals surface area (Å²) in [5.41, 5.74) is 24.8. The first-order valence-corrected chi connectivity index (χ1v) is 31.4. The van der Waals surface area contributed by atoms with Gasteiger partial charge in [-0.2, -0.15) is 0 Å². The zero-order valence-corrected chi connectivity index (χ0v) is 51.2. The lowest BCUT2D eigenvalue weighted by Crippen LogP contribution is -2.10. The van der Waals surface area contributed by atoms with Gasteiger partial charge in [0.1, 0.15) is 0 Å². The van der Waals surface area contributed by atoms with Crippen LogP contribution in [-0.4, -0.2) is 0 Å². The van der Waals surface area contributed by atoms with Crippen LogP contribution in [0.4, 0.5) is 22.7 Å². The van der Waals surface area contributed by atoms with Crippen molar-refractivity contribution in [3.8, 4) is 0 Å². The predicted octanol–water partition coefficient (Wildman–Crippen LogP) is 23.7. The molecule has 0 unspecified atom stereocenters. The number of anilines is 4. The third-order valence-corrected chi connectivity index (χ3v) is 16.3. The van der Waals surface area contributed by atoms with Gasteiger partial charge in [0.15, 0.2) is 0 Å². The first-order chi connectivity index (χ1) is 45.6. The van der Waals surface area contributed by atoms with Crippen LogP contribution >= 0.6 is 0 Å². The summed E-state index contributed by atoms with van der Waals surface area (Å²) >= 11 is 0. The predicted molar refractivity (Wildman–Crippen MR) is 394 cm³/mol. The molecule has 0 aliphatic carbocycles. The van der Waals surface area contributed by atoms with Crippen LogP contribution < -0.4 is 9.80 Å². The van der Waals surface area contributed by atoms with Gasteiger partial charge in [0.2, 0.25) is 0 Å². The zero-order valence-electron chi connectivity index (χ0n) is 51.2. The molecule has 13 aromatic rings. The van der Waals surface area contributed by atoms with Gasteiger partial charge in [0.25, 0.3) is 0 Å². The van der Waals surface area contributed by atoms with E-state index in [4.69, 9.17) is 0 Å². The highest BCUT2D eigenvalue weighted by Gasteiger charge is 2.16. The van der Waals surface area contributed by atoms with Gasteiger partial charge in [-0.05, 0) is 156 Å². The summed E-state index contributed by atoms with van der Waals surface area (Å²) in [5, 5.41) is 0. The lowest BCUT2D eigenvalue weighted by atomic mass is 9.95. The van der Waals surface area contributed by atoms with Crippen molar-refractivity contribution < 1.29 is 0 Å². The fourth-order valence-electron chi connectivity index (χ4n) is 11.5. The van der Waals surface area contributed by atoms with Gasteiger partial charge in [-0.1, -0.05) is 334 Å². The molecule has 0 atom stereocenters. The molecule has 2 nitrogen and oxygen atoms in total. The molecule has 0 aliphatic rings. The summed E-state index contributed by atoms with van der Waals surface area (Å²) in [6.45, 7) is 0. The van der Waals surface area contributed by atoms with Gasteiger partial charge in [-0.3, -0.25) is 0 Å². The van der Waals surface area contributed by atoms with Crippen LogP contribution in [0.3, 0.4) is 0 Å². The van der Waals surface area contributed by atoms with E-state index in [-0.39, 0.29) is 0 Å². The molecular weight excluding hydrogens is 1110 g/mol. The molecule has 0 aliphatic heterocycles. The fourth-order valence-corrected chi connectivity index (χ4v) is 11.5. The molecule has 0 heterocycles. The van der Waals surface area contributed by atoms with E-state index < -0.39 is 0 Å². The molecule has 0 saturated carbocycles. The van der Waals surface area contributed by atoms with E-state index in [0.29, 0.717) is 0 Å². The normalized spacial score (nSPS) is 11.0. The molecule has 2 heteroatoms. The summed E-state index contributed by atoms with van der Waals surface area (Å²) in [4.78, 5) is 4.61. The molecule has 13 aromatic carbocycles. The highest BCUT2D eigenvalue weighted by atomic mass is 15.1. The monoisotopic (exact) mass is 1180 g/mol. The Morgan fingerprint density at radius 3 is 0.620 bits per heavy atom. The molecule has 0 radical (unpaired) electrons. The second-order valence-electron chi connectivity index (χ2n) is 22.6. The maximum atomic E-state index is 2.31. The van der Waals surface area contributed by atoms with Crippen molar-refractivity contribution in [1.82, 2.24) is 0 Å². The van der Waals surface area contributed by atoms with Crippen molar-refractivity contribution in [2.24, 2.45) is 0 Å². The summed E-state index contributed by atoms with van der Waals surface area (Å²) in [6, 6.07) is 129. The van der Waals surface area contributed by atoms with E-state index in [1.54, 1.807) is 0 Å².